The van der Waals surface area contributed by atoms with Gasteiger partial charge < -0.3 is 0 Å². The van der Waals surface area contributed by atoms with Crippen LogP contribution in [-0.2, 0) is 6.54 Å². The van der Waals surface area contributed by atoms with E-state index >= 15 is 0 Å². The molecule has 0 bridgehead atoms. The quantitative estimate of drug-likeness (QED) is 0.584. The molecule has 2 heterocycles. The van der Waals surface area contributed by atoms with Crippen molar-refractivity contribution in [2.24, 2.45) is 0 Å². The predicted molar refractivity (Wildman–Crippen MR) is 36.6 cm³/mol. The van der Waals surface area contributed by atoms with Crippen LogP contribution in [0.1, 0.15) is 0 Å². The van der Waals surface area contributed by atoms with Crippen LogP contribution in [0.4, 0.5) is 0 Å². The van der Waals surface area contributed by atoms with Crippen molar-refractivity contribution in [3.63, 3.8) is 0 Å². The molecule has 2 rings (SSSR count). The summed E-state index contributed by atoms with van der Waals surface area (Å²) in [5.41, 5.74) is 0. The van der Waals surface area contributed by atoms with Gasteiger partial charge in [-0.05, 0) is 15.6 Å². The first-order valence-corrected chi connectivity index (χ1v) is 3.29. The van der Waals surface area contributed by atoms with E-state index in [4.69, 9.17) is 5.26 Å². The molecule has 1 N–H and O–H groups in total. The van der Waals surface area contributed by atoms with Crippen LogP contribution in [0.15, 0.2) is 0 Å². The van der Waals surface area contributed by atoms with Crippen molar-refractivity contribution in [3.05, 3.63) is 0 Å². The molecule has 0 spiro atoms. The Morgan fingerprint density at radius 3 is 3.08 bits per heavy atom. The third-order valence-corrected chi connectivity index (χ3v) is 1.30. The van der Waals surface area contributed by atoms with Crippen LogP contribution in [0.3, 0.4) is 0 Å². The van der Waals surface area contributed by atoms with Crippen LogP contribution in [0.25, 0.3) is 11.6 Å². The average Bonchev–Trinajstić information content (AvgIpc) is 2.71. The minimum atomic E-state index is 0.0525. The zero-order chi connectivity index (χ0) is 9.10. The Labute approximate surface area is 71.4 Å². The van der Waals surface area contributed by atoms with Crippen molar-refractivity contribution in [3.8, 4) is 17.7 Å². The topological polar surface area (TPSA) is 122 Å². The summed E-state index contributed by atoms with van der Waals surface area (Å²) in [6.45, 7) is 0.0525. The van der Waals surface area contributed by atoms with Crippen LogP contribution in [-0.4, -0.2) is 40.8 Å². The number of aromatic amines is 1. The first kappa shape index (κ1) is 7.29. The average molecular weight is 177 g/mol. The van der Waals surface area contributed by atoms with Crippen LogP contribution >= 0.6 is 0 Å². The van der Waals surface area contributed by atoms with Gasteiger partial charge >= 0.3 is 0 Å². The third-order valence-electron chi connectivity index (χ3n) is 1.30. The standard InChI is InChI=1S/C4H3N9/c5-1-2-13-4(8-11-12-13)3-6-9-10-7-3/h2H2,(H,6,7,9,10). The highest BCUT2D eigenvalue weighted by Gasteiger charge is 2.11. The zero-order valence-corrected chi connectivity index (χ0v) is 6.28. The predicted octanol–water partition coefficient (Wildman–Crippen LogP) is -1.62. The molecule has 0 aliphatic heterocycles. The summed E-state index contributed by atoms with van der Waals surface area (Å²) in [7, 11) is 0. The van der Waals surface area contributed by atoms with Crippen molar-refractivity contribution in [1.29, 1.82) is 5.26 Å². The number of aromatic nitrogens is 8. The first-order chi connectivity index (χ1) is 6.42. The van der Waals surface area contributed by atoms with Crippen molar-refractivity contribution in [1.82, 2.24) is 40.8 Å². The molecule has 2 aromatic heterocycles. The number of rotatable bonds is 2. The second kappa shape index (κ2) is 2.94. The molecule has 9 heteroatoms. The van der Waals surface area contributed by atoms with Gasteiger partial charge in [-0.15, -0.1) is 15.3 Å². The number of hydrogen-bond acceptors (Lipinski definition) is 7. The van der Waals surface area contributed by atoms with E-state index in [2.05, 4.69) is 36.1 Å². The molecule has 9 nitrogen and oxygen atoms in total. The lowest BCUT2D eigenvalue weighted by atomic mass is 10.5. The molecule has 0 amide bonds. The number of nitriles is 1. The number of H-pyrrole nitrogens is 1. The van der Waals surface area contributed by atoms with Gasteiger partial charge in [0, 0.05) is 0 Å². The minimum Gasteiger partial charge on any atom is -0.208 e. The molecule has 0 saturated heterocycles. The molecule has 0 fully saturated rings. The number of hydrogen-bond donors (Lipinski definition) is 1. The smallest absolute Gasteiger partial charge is 0.208 e. The fourth-order valence-corrected chi connectivity index (χ4v) is 0.795. The summed E-state index contributed by atoms with van der Waals surface area (Å²) in [6.07, 6.45) is 0. The Balaban J connectivity index is 2.42. The van der Waals surface area contributed by atoms with E-state index in [9.17, 15) is 0 Å². The van der Waals surface area contributed by atoms with Gasteiger partial charge in [-0.25, -0.2) is 4.68 Å². The van der Waals surface area contributed by atoms with Gasteiger partial charge in [0.2, 0.25) is 11.6 Å². The van der Waals surface area contributed by atoms with E-state index in [0.717, 1.165) is 0 Å². The van der Waals surface area contributed by atoms with Gasteiger partial charge in [0.05, 0.1) is 6.07 Å². The molecule has 64 valence electrons. The Kier molecular flexibility index (Phi) is 1.65. The first-order valence-electron chi connectivity index (χ1n) is 3.29. The van der Waals surface area contributed by atoms with E-state index in [1.165, 1.54) is 4.68 Å². The highest BCUT2D eigenvalue weighted by Crippen LogP contribution is 2.05. The van der Waals surface area contributed by atoms with E-state index in [0.29, 0.717) is 5.82 Å². The van der Waals surface area contributed by atoms with Gasteiger partial charge in [0.15, 0.2) is 0 Å². The molecule has 0 aliphatic rings. The molecule has 0 aromatic carbocycles. The van der Waals surface area contributed by atoms with Gasteiger partial charge in [-0.3, -0.25) is 0 Å². The minimum absolute atomic E-state index is 0.0525. The summed E-state index contributed by atoms with van der Waals surface area (Å²) in [4.78, 5) is 0. The monoisotopic (exact) mass is 177 g/mol. The molecule has 0 aliphatic carbocycles. The Hall–Kier alpha value is -2.37. The van der Waals surface area contributed by atoms with Crippen molar-refractivity contribution in [2.75, 3.05) is 0 Å². The molecule has 0 unspecified atom stereocenters. The highest BCUT2D eigenvalue weighted by molar-refractivity contribution is 5.39. The second-order valence-corrected chi connectivity index (χ2v) is 2.05. The van der Waals surface area contributed by atoms with Gasteiger partial charge in [0.25, 0.3) is 0 Å². The van der Waals surface area contributed by atoms with Crippen LogP contribution < -0.4 is 0 Å². The van der Waals surface area contributed by atoms with E-state index in [1.807, 2.05) is 6.07 Å². The lowest BCUT2D eigenvalue weighted by Gasteiger charge is -1.91. The van der Waals surface area contributed by atoms with Crippen molar-refractivity contribution in [2.45, 2.75) is 6.54 Å². The molecule has 0 saturated carbocycles. The number of tetrazole rings is 2. The summed E-state index contributed by atoms with van der Waals surface area (Å²) in [5, 5.41) is 32.0. The summed E-state index contributed by atoms with van der Waals surface area (Å²) in [5.74, 6) is 0.579. The fourth-order valence-electron chi connectivity index (χ4n) is 0.795. The SMILES string of the molecule is N#CCn1nnnc1-c1nn[nH]n1. The molecular formula is C4H3N9. The largest absolute Gasteiger partial charge is 0.243 e. The normalized spacial score (nSPS) is 9.77. The van der Waals surface area contributed by atoms with Crippen LogP contribution in [0.2, 0.25) is 0 Å². The van der Waals surface area contributed by atoms with Gasteiger partial charge in [-0.1, -0.05) is 0 Å². The fraction of sp³-hybridized carbons (Fsp3) is 0.250. The molecule has 13 heavy (non-hydrogen) atoms. The maximum Gasteiger partial charge on any atom is 0.243 e. The molecule has 2 aromatic rings. The second-order valence-electron chi connectivity index (χ2n) is 2.05. The maximum atomic E-state index is 8.43. The Morgan fingerprint density at radius 1 is 1.46 bits per heavy atom. The number of nitrogens with one attached hydrogen (secondary N) is 1. The van der Waals surface area contributed by atoms with Crippen LogP contribution in [0.5, 0.6) is 0 Å². The maximum absolute atomic E-state index is 8.43. The molecule has 0 atom stereocenters. The van der Waals surface area contributed by atoms with E-state index in [1.54, 1.807) is 0 Å². The molecular weight excluding hydrogens is 174 g/mol. The van der Waals surface area contributed by atoms with Crippen molar-refractivity contribution < 1.29 is 0 Å². The van der Waals surface area contributed by atoms with Gasteiger partial charge in [0.1, 0.15) is 6.54 Å². The zero-order valence-electron chi connectivity index (χ0n) is 6.28. The summed E-state index contributed by atoms with van der Waals surface area (Å²) in [6, 6.07) is 1.91. The third kappa shape index (κ3) is 1.20. The highest BCUT2D eigenvalue weighted by atomic mass is 15.6. The summed E-state index contributed by atoms with van der Waals surface area (Å²) < 4.78 is 1.28. The van der Waals surface area contributed by atoms with Crippen LogP contribution in [0, 0.1) is 11.3 Å². The lowest BCUT2D eigenvalue weighted by Crippen LogP contribution is -2.01. The molecule has 0 radical (unpaired) electrons. The lowest BCUT2D eigenvalue weighted by molar-refractivity contribution is 0.669. The Morgan fingerprint density at radius 2 is 2.38 bits per heavy atom. The van der Waals surface area contributed by atoms with E-state index < -0.39 is 0 Å². The van der Waals surface area contributed by atoms with E-state index in [-0.39, 0.29) is 12.4 Å². The van der Waals surface area contributed by atoms with Gasteiger partial charge in [-0.2, -0.15) is 10.5 Å². The van der Waals surface area contributed by atoms with Crippen molar-refractivity contribution >= 4 is 0 Å². The summed E-state index contributed by atoms with van der Waals surface area (Å²) >= 11 is 0. The number of nitrogens with zero attached hydrogens (tertiary/aromatic N) is 8. The Bertz CT molecular complexity index is 419.